The number of amides is 2. The van der Waals surface area contributed by atoms with Crippen LogP contribution in [0.2, 0.25) is 0 Å². The van der Waals surface area contributed by atoms with Crippen LogP contribution in [0.1, 0.15) is 42.3 Å². The lowest BCUT2D eigenvalue weighted by atomic mass is 10.2. The van der Waals surface area contributed by atoms with E-state index in [0.29, 0.717) is 12.6 Å². The molecule has 1 atom stereocenters. The highest BCUT2D eigenvalue weighted by Crippen LogP contribution is 2.27. The van der Waals surface area contributed by atoms with Crippen molar-refractivity contribution in [2.45, 2.75) is 52.0 Å². The molecule has 23 heavy (non-hydrogen) atoms. The Morgan fingerprint density at radius 1 is 1.39 bits per heavy atom. The molecular weight excluding hydrogens is 308 g/mol. The molecule has 1 saturated heterocycles. The predicted octanol–water partition coefficient (Wildman–Crippen LogP) is 2.30. The molecule has 1 aromatic heterocycles. The third-order valence-electron chi connectivity index (χ3n) is 5.03. The Morgan fingerprint density at radius 2 is 2.22 bits per heavy atom. The minimum atomic E-state index is 0.0868. The summed E-state index contributed by atoms with van der Waals surface area (Å²) in [6, 6.07) is 0.612. The maximum Gasteiger partial charge on any atom is 0.317 e. The minimum absolute atomic E-state index is 0.0868. The fraction of sp³-hybridized carbons (Fsp3) is 0.765. The maximum absolute atomic E-state index is 12.3. The van der Waals surface area contributed by atoms with E-state index in [1.54, 1.807) is 0 Å². The van der Waals surface area contributed by atoms with Gasteiger partial charge in [-0.2, -0.15) is 0 Å². The Hall–Kier alpha value is -1.14. The first kappa shape index (κ1) is 16.7. The topological polar surface area (TPSA) is 48.5 Å². The third kappa shape index (κ3) is 3.86. The van der Waals surface area contributed by atoms with Crippen LogP contribution in [0.25, 0.3) is 0 Å². The standard InChI is InChI=1S/C17H28N4OS/c1-3-20(4-2)13-9-11-21(12-13)17(22)18-10-8-16-19-14-6-5-7-15(14)23-16/h13H,3-12H2,1-2H3,(H,18,22). The lowest BCUT2D eigenvalue weighted by molar-refractivity contribution is 0.193. The number of fused-ring (bicyclic) bond motifs is 1. The van der Waals surface area contributed by atoms with Gasteiger partial charge in [0.05, 0.1) is 10.7 Å². The largest absolute Gasteiger partial charge is 0.338 e. The fourth-order valence-electron chi connectivity index (χ4n) is 3.70. The number of rotatable bonds is 6. The number of urea groups is 1. The molecule has 1 aliphatic carbocycles. The van der Waals surface area contributed by atoms with E-state index in [0.717, 1.165) is 45.4 Å². The van der Waals surface area contributed by atoms with Crippen molar-refractivity contribution in [3.8, 4) is 0 Å². The number of aromatic nitrogens is 1. The Kier molecular flexibility index (Phi) is 5.54. The van der Waals surface area contributed by atoms with Gasteiger partial charge >= 0.3 is 6.03 Å². The second kappa shape index (κ2) is 7.62. The van der Waals surface area contributed by atoms with Crippen LogP contribution < -0.4 is 5.32 Å². The summed E-state index contributed by atoms with van der Waals surface area (Å²) in [7, 11) is 0. The van der Waals surface area contributed by atoms with Gasteiger partial charge in [-0.1, -0.05) is 13.8 Å². The van der Waals surface area contributed by atoms with E-state index in [9.17, 15) is 4.79 Å². The highest BCUT2D eigenvalue weighted by atomic mass is 32.1. The van der Waals surface area contributed by atoms with Gasteiger partial charge in [0, 0.05) is 37.0 Å². The SMILES string of the molecule is CCN(CC)C1CCN(C(=O)NCCc2nc3c(s2)CCC3)C1. The quantitative estimate of drug-likeness (QED) is 0.867. The molecule has 6 heteroatoms. The van der Waals surface area contributed by atoms with Gasteiger partial charge in [-0.05, 0) is 38.8 Å². The molecule has 3 rings (SSSR count). The van der Waals surface area contributed by atoms with E-state index in [2.05, 4.69) is 29.0 Å². The Bertz CT molecular complexity index is 519. The first-order chi connectivity index (χ1) is 11.2. The Morgan fingerprint density at radius 3 is 2.96 bits per heavy atom. The molecule has 2 amide bonds. The number of nitrogens with one attached hydrogen (secondary N) is 1. The van der Waals surface area contributed by atoms with Crippen LogP contribution >= 0.6 is 11.3 Å². The number of likely N-dealkylation sites (tertiary alicyclic amines) is 1. The first-order valence-electron chi connectivity index (χ1n) is 8.95. The van der Waals surface area contributed by atoms with Crippen LogP contribution in [0.15, 0.2) is 0 Å². The van der Waals surface area contributed by atoms with E-state index in [1.165, 1.54) is 28.4 Å². The van der Waals surface area contributed by atoms with E-state index in [-0.39, 0.29) is 6.03 Å². The number of thiazole rings is 1. The van der Waals surface area contributed by atoms with E-state index in [4.69, 9.17) is 0 Å². The zero-order valence-corrected chi connectivity index (χ0v) is 15.1. The molecule has 2 aliphatic rings. The van der Waals surface area contributed by atoms with E-state index >= 15 is 0 Å². The summed E-state index contributed by atoms with van der Waals surface area (Å²) in [5.41, 5.74) is 1.30. The molecule has 128 valence electrons. The second-order valence-electron chi connectivity index (χ2n) is 6.42. The van der Waals surface area contributed by atoms with Crippen LogP contribution in [0.4, 0.5) is 4.79 Å². The van der Waals surface area contributed by atoms with Crippen LogP contribution in [-0.2, 0) is 19.3 Å². The molecule has 0 aromatic carbocycles. The summed E-state index contributed by atoms with van der Waals surface area (Å²) in [6.07, 6.45) is 5.54. The normalized spacial score (nSPS) is 20.3. The van der Waals surface area contributed by atoms with E-state index in [1.807, 2.05) is 16.2 Å². The van der Waals surface area contributed by atoms with Crippen molar-refractivity contribution < 1.29 is 4.79 Å². The number of hydrogen-bond acceptors (Lipinski definition) is 4. The molecule has 1 aliphatic heterocycles. The van der Waals surface area contributed by atoms with Gasteiger partial charge in [-0.25, -0.2) is 9.78 Å². The summed E-state index contributed by atoms with van der Waals surface area (Å²) >= 11 is 1.83. The van der Waals surface area contributed by atoms with Crippen molar-refractivity contribution in [2.24, 2.45) is 0 Å². The van der Waals surface area contributed by atoms with Crippen LogP contribution in [0, 0.1) is 0 Å². The van der Waals surface area contributed by atoms with Crippen molar-refractivity contribution in [2.75, 3.05) is 32.7 Å². The summed E-state index contributed by atoms with van der Waals surface area (Å²) in [5, 5.41) is 4.25. The van der Waals surface area contributed by atoms with Gasteiger partial charge in [-0.3, -0.25) is 4.90 Å². The molecule has 1 N–H and O–H groups in total. The van der Waals surface area contributed by atoms with Crippen molar-refractivity contribution in [1.82, 2.24) is 20.1 Å². The molecule has 5 nitrogen and oxygen atoms in total. The molecule has 1 fully saturated rings. The monoisotopic (exact) mass is 336 g/mol. The summed E-state index contributed by atoms with van der Waals surface area (Å²) in [5.74, 6) is 0. The Labute approximate surface area is 143 Å². The molecule has 0 saturated carbocycles. The van der Waals surface area contributed by atoms with Gasteiger partial charge in [0.25, 0.3) is 0 Å². The highest BCUT2D eigenvalue weighted by molar-refractivity contribution is 7.11. The number of carbonyl (C=O) groups is 1. The minimum Gasteiger partial charge on any atom is -0.338 e. The van der Waals surface area contributed by atoms with Crippen molar-refractivity contribution in [3.05, 3.63) is 15.6 Å². The zero-order chi connectivity index (χ0) is 16.2. The van der Waals surface area contributed by atoms with Gasteiger partial charge in [0.1, 0.15) is 0 Å². The fourth-order valence-corrected chi connectivity index (χ4v) is 4.86. The van der Waals surface area contributed by atoms with Gasteiger partial charge in [0.15, 0.2) is 0 Å². The van der Waals surface area contributed by atoms with Crippen LogP contribution in [-0.4, -0.2) is 59.6 Å². The molecule has 0 spiro atoms. The Balaban J connectivity index is 1.41. The smallest absolute Gasteiger partial charge is 0.317 e. The van der Waals surface area contributed by atoms with Crippen molar-refractivity contribution in [1.29, 1.82) is 0 Å². The highest BCUT2D eigenvalue weighted by Gasteiger charge is 2.29. The number of likely N-dealkylation sites (N-methyl/N-ethyl adjacent to an activating group) is 1. The summed E-state index contributed by atoms with van der Waals surface area (Å²) in [4.78, 5) is 22.9. The van der Waals surface area contributed by atoms with Crippen LogP contribution in [0.3, 0.4) is 0 Å². The molecule has 1 unspecified atom stereocenters. The van der Waals surface area contributed by atoms with Gasteiger partial charge < -0.3 is 10.2 Å². The summed E-state index contributed by atoms with van der Waals surface area (Å²) in [6.45, 7) is 8.93. The molecule has 1 aromatic rings. The lowest BCUT2D eigenvalue weighted by Gasteiger charge is -2.26. The number of carbonyl (C=O) groups excluding carboxylic acids is 1. The molecule has 0 bridgehead atoms. The number of aryl methyl sites for hydroxylation is 2. The van der Waals surface area contributed by atoms with Crippen molar-refractivity contribution in [3.63, 3.8) is 0 Å². The number of hydrogen-bond donors (Lipinski definition) is 1. The lowest BCUT2D eigenvalue weighted by Crippen LogP contribution is -2.42. The molecule has 0 radical (unpaired) electrons. The zero-order valence-electron chi connectivity index (χ0n) is 14.3. The van der Waals surface area contributed by atoms with Crippen molar-refractivity contribution >= 4 is 17.4 Å². The van der Waals surface area contributed by atoms with Gasteiger partial charge in [-0.15, -0.1) is 11.3 Å². The maximum atomic E-state index is 12.3. The first-order valence-corrected chi connectivity index (χ1v) is 9.77. The third-order valence-corrected chi connectivity index (χ3v) is 6.25. The average molecular weight is 337 g/mol. The van der Waals surface area contributed by atoms with E-state index < -0.39 is 0 Å². The van der Waals surface area contributed by atoms with Crippen LogP contribution in [0.5, 0.6) is 0 Å². The number of nitrogens with zero attached hydrogens (tertiary/aromatic N) is 3. The molecule has 2 heterocycles. The van der Waals surface area contributed by atoms with Gasteiger partial charge in [0.2, 0.25) is 0 Å². The molecular formula is C17H28N4OS. The average Bonchev–Trinajstić information content (AvgIpc) is 3.23. The second-order valence-corrected chi connectivity index (χ2v) is 7.59. The summed E-state index contributed by atoms with van der Waals surface area (Å²) < 4.78 is 0. The predicted molar refractivity (Wildman–Crippen MR) is 94.1 cm³/mol.